The van der Waals surface area contributed by atoms with Crippen LogP contribution in [0.25, 0.3) is 0 Å². The van der Waals surface area contributed by atoms with Gasteiger partial charge in [0.05, 0.1) is 7.11 Å². The average Bonchev–Trinajstić information content (AvgIpc) is 2.69. The lowest BCUT2D eigenvalue weighted by atomic mass is 10.0. The van der Waals surface area contributed by atoms with Crippen molar-refractivity contribution < 1.29 is 9.53 Å². The van der Waals surface area contributed by atoms with Crippen molar-refractivity contribution in [1.82, 2.24) is 0 Å². The normalized spacial score (nSPS) is 10.8. The minimum atomic E-state index is 0.0598. The highest BCUT2D eigenvalue weighted by Gasteiger charge is 2.12. The Morgan fingerprint density at radius 1 is 0.769 bits per heavy atom. The van der Waals surface area contributed by atoms with E-state index in [2.05, 4.69) is 12.5 Å². The van der Waals surface area contributed by atoms with Crippen LogP contribution in [0.1, 0.15) is 15.9 Å². The van der Waals surface area contributed by atoms with Gasteiger partial charge in [0.15, 0.2) is 10.7 Å². The van der Waals surface area contributed by atoms with Gasteiger partial charge in [0.2, 0.25) is 0 Å². The molecule has 0 unspecified atom stereocenters. The van der Waals surface area contributed by atoms with Gasteiger partial charge in [-0.15, -0.1) is 0 Å². The molecule has 0 aliphatic carbocycles. The minimum Gasteiger partial charge on any atom is -0.497 e. The largest absolute Gasteiger partial charge is 0.497 e. The maximum Gasteiger partial charge on any atom is 0.193 e. The second-order valence-electron chi connectivity index (χ2n) is 5.97. The van der Waals surface area contributed by atoms with Crippen LogP contribution < -0.4 is 4.74 Å². The fourth-order valence-corrected chi connectivity index (χ4v) is 4.00. The van der Waals surface area contributed by atoms with E-state index in [1.807, 2.05) is 72.8 Å². The summed E-state index contributed by atoms with van der Waals surface area (Å²) < 4.78 is 5.18. The molecule has 0 atom stereocenters. The highest BCUT2D eigenvalue weighted by Crippen LogP contribution is 2.29. The van der Waals surface area contributed by atoms with E-state index >= 15 is 0 Å². The summed E-state index contributed by atoms with van der Waals surface area (Å²) in [5.74, 6) is 0.906. The molecule has 0 saturated heterocycles. The van der Waals surface area contributed by atoms with Crippen molar-refractivity contribution in [1.29, 1.82) is 0 Å². The third-order valence-electron chi connectivity index (χ3n) is 4.00. The first-order valence-corrected chi connectivity index (χ1v) is 11.1. The van der Waals surface area contributed by atoms with Gasteiger partial charge in [-0.05, 0) is 72.8 Å². The number of rotatable bonds is 6. The number of carbonyl (C=O) groups excluding carboxylic acids is 1. The molecular formula is C22H21O2S2+. The molecule has 0 spiro atoms. The van der Waals surface area contributed by atoms with E-state index in [1.165, 1.54) is 4.90 Å². The fraction of sp³-hybridized carbons (Fsp3) is 0.136. The lowest BCUT2D eigenvalue weighted by Gasteiger charge is -2.06. The third kappa shape index (κ3) is 4.51. The molecule has 3 rings (SSSR count). The number of ether oxygens (including phenoxy) is 1. The van der Waals surface area contributed by atoms with Crippen LogP contribution in [0.3, 0.4) is 0 Å². The molecule has 0 aliphatic heterocycles. The van der Waals surface area contributed by atoms with Gasteiger partial charge in [-0.1, -0.05) is 11.8 Å². The standard InChI is InChI=1S/C22H21O2S2/c1-24-18-8-12-20(13-9-18)25-19-10-4-16(5-11-19)22(23)17-6-14-21(15-7-17)26(2)3/h4-15H,1-3H3/q+1. The van der Waals surface area contributed by atoms with Gasteiger partial charge in [0, 0.05) is 31.8 Å². The molecule has 0 heterocycles. The zero-order chi connectivity index (χ0) is 18.5. The SMILES string of the molecule is COc1ccc(Sc2ccc(C(=O)c3ccc([S+](C)C)cc3)cc2)cc1. The molecule has 3 aromatic carbocycles. The van der Waals surface area contributed by atoms with Crippen molar-refractivity contribution in [3.05, 3.63) is 83.9 Å². The predicted molar refractivity (Wildman–Crippen MR) is 111 cm³/mol. The molecule has 0 amide bonds. The van der Waals surface area contributed by atoms with Gasteiger partial charge in [-0.3, -0.25) is 4.79 Å². The number of methoxy groups -OCH3 is 1. The Morgan fingerprint density at radius 2 is 1.23 bits per heavy atom. The summed E-state index contributed by atoms with van der Waals surface area (Å²) in [6.45, 7) is 0. The lowest BCUT2D eigenvalue weighted by molar-refractivity contribution is 0.103. The summed E-state index contributed by atoms with van der Waals surface area (Å²) in [6.07, 6.45) is 4.35. The highest BCUT2D eigenvalue weighted by atomic mass is 32.2. The van der Waals surface area contributed by atoms with Crippen LogP contribution in [0.15, 0.2) is 87.5 Å². The first-order chi connectivity index (χ1) is 12.6. The van der Waals surface area contributed by atoms with Crippen molar-refractivity contribution in [3.8, 4) is 5.75 Å². The molecule has 0 radical (unpaired) electrons. The summed E-state index contributed by atoms with van der Waals surface area (Å²) in [4.78, 5) is 16.2. The van der Waals surface area contributed by atoms with Crippen LogP contribution in [0.2, 0.25) is 0 Å². The zero-order valence-corrected chi connectivity index (χ0v) is 16.7. The Hall–Kier alpha value is -2.17. The first kappa shape index (κ1) is 18.6. The number of hydrogen-bond acceptors (Lipinski definition) is 3. The predicted octanol–water partition coefficient (Wildman–Crippen LogP) is 5.31. The quantitative estimate of drug-likeness (QED) is 0.427. The van der Waals surface area contributed by atoms with Gasteiger partial charge >= 0.3 is 0 Å². The van der Waals surface area contributed by atoms with Gasteiger partial charge in [-0.2, -0.15) is 0 Å². The van der Waals surface area contributed by atoms with Crippen molar-refractivity contribution in [2.45, 2.75) is 14.7 Å². The summed E-state index contributed by atoms with van der Waals surface area (Å²) in [6, 6.07) is 23.7. The number of carbonyl (C=O) groups is 1. The van der Waals surface area contributed by atoms with Crippen LogP contribution >= 0.6 is 11.8 Å². The molecule has 0 N–H and O–H groups in total. The van der Waals surface area contributed by atoms with Gasteiger partial charge in [0.1, 0.15) is 18.3 Å². The van der Waals surface area contributed by atoms with Crippen molar-refractivity contribution in [3.63, 3.8) is 0 Å². The molecule has 4 heteroatoms. The van der Waals surface area contributed by atoms with Crippen molar-refractivity contribution >= 4 is 28.4 Å². The van der Waals surface area contributed by atoms with E-state index in [1.54, 1.807) is 18.9 Å². The van der Waals surface area contributed by atoms with Crippen LogP contribution in [0.4, 0.5) is 0 Å². The van der Waals surface area contributed by atoms with Crippen LogP contribution in [-0.4, -0.2) is 25.4 Å². The molecule has 26 heavy (non-hydrogen) atoms. The molecule has 0 aromatic heterocycles. The summed E-state index contributed by atoms with van der Waals surface area (Å²) in [5.41, 5.74) is 1.44. The van der Waals surface area contributed by atoms with Crippen molar-refractivity contribution in [2.24, 2.45) is 0 Å². The van der Waals surface area contributed by atoms with Crippen LogP contribution in [0.5, 0.6) is 5.75 Å². The number of ketones is 1. The van der Waals surface area contributed by atoms with Gasteiger partial charge in [0.25, 0.3) is 0 Å². The second-order valence-corrected chi connectivity index (χ2v) is 9.22. The highest BCUT2D eigenvalue weighted by molar-refractivity contribution is 7.99. The minimum absolute atomic E-state index is 0.0598. The smallest absolute Gasteiger partial charge is 0.193 e. The van der Waals surface area contributed by atoms with E-state index in [-0.39, 0.29) is 16.7 Å². The Balaban J connectivity index is 1.70. The Labute approximate surface area is 161 Å². The Morgan fingerprint density at radius 3 is 1.69 bits per heavy atom. The maximum atomic E-state index is 12.6. The molecule has 132 valence electrons. The number of hydrogen-bond donors (Lipinski definition) is 0. The van der Waals surface area contributed by atoms with Gasteiger partial charge < -0.3 is 4.74 Å². The van der Waals surface area contributed by atoms with Crippen LogP contribution in [0, 0.1) is 0 Å². The molecule has 0 saturated carbocycles. The molecule has 3 aromatic rings. The molecule has 2 nitrogen and oxygen atoms in total. The molecule has 0 fully saturated rings. The zero-order valence-electron chi connectivity index (χ0n) is 15.1. The third-order valence-corrected chi connectivity index (χ3v) is 6.23. The second kappa shape index (κ2) is 8.47. The summed E-state index contributed by atoms with van der Waals surface area (Å²) in [5, 5.41) is 0. The average molecular weight is 382 g/mol. The topological polar surface area (TPSA) is 26.3 Å². The van der Waals surface area contributed by atoms with E-state index in [4.69, 9.17) is 4.74 Å². The van der Waals surface area contributed by atoms with Crippen LogP contribution in [-0.2, 0) is 10.9 Å². The number of benzene rings is 3. The Kier molecular flexibility index (Phi) is 6.07. The van der Waals surface area contributed by atoms with E-state index in [0.717, 1.165) is 21.1 Å². The first-order valence-electron chi connectivity index (χ1n) is 8.21. The summed E-state index contributed by atoms with van der Waals surface area (Å²) in [7, 11) is 1.87. The van der Waals surface area contributed by atoms with Gasteiger partial charge in [-0.25, -0.2) is 0 Å². The molecule has 0 aliphatic rings. The molecular weight excluding hydrogens is 360 g/mol. The van der Waals surface area contributed by atoms with E-state index in [9.17, 15) is 4.79 Å². The van der Waals surface area contributed by atoms with E-state index in [0.29, 0.717) is 5.56 Å². The summed E-state index contributed by atoms with van der Waals surface area (Å²) >= 11 is 1.66. The fourth-order valence-electron chi connectivity index (χ4n) is 2.50. The molecule has 0 bridgehead atoms. The van der Waals surface area contributed by atoms with E-state index < -0.39 is 0 Å². The Bertz CT molecular complexity index is 868. The monoisotopic (exact) mass is 381 g/mol. The van der Waals surface area contributed by atoms with Crippen molar-refractivity contribution in [2.75, 3.05) is 19.6 Å². The maximum absolute atomic E-state index is 12.6. The lowest BCUT2D eigenvalue weighted by Crippen LogP contribution is -2.02.